The first-order chi connectivity index (χ1) is 14.9. The van der Waals surface area contributed by atoms with Gasteiger partial charge in [0.2, 0.25) is 5.71 Å². The molecule has 2 aromatic heterocycles. The quantitative estimate of drug-likeness (QED) is 0.578. The Labute approximate surface area is 175 Å². The molecule has 11 nitrogen and oxygen atoms in total. The van der Waals surface area contributed by atoms with Gasteiger partial charge < -0.3 is 29.7 Å². The van der Waals surface area contributed by atoms with E-state index in [0.717, 1.165) is 0 Å². The summed E-state index contributed by atoms with van der Waals surface area (Å²) in [5.41, 5.74) is 6.96. The Bertz CT molecular complexity index is 1220. The van der Waals surface area contributed by atoms with Crippen LogP contribution in [0, 0.1) is 6.92 Å². The normalized spacial score (nSPS) is 12.6. The lowest BCUT2D eigenvalue weighted by Crippen LogP contribution is -2.25. The summed E-state index contributed by atoms with van der Waals surface area (Å²) in [5, 5.41) is 2.89. The van der Waals surface area contributed by atoms with E-state index in [1.165, 1.54) is 12.1 Å². The van der Waals surface area contributed by atoms with Crippen LogP contribution in [0.4, 0.5) is 11.5 Å². The largest absolute Gasteiger partial charge is 0.482 e. The number of ether oxygens (including phenoxy) is 3. The summed E-state index contributed by atoms with van der Waals surface area (Å²) in [4.78, 5) is 44.2. The summed E-state index contributed by atoms with van der Waals surface area (Å²) < 4.78 is 21.1. The van der Waals surface area contributed by atoms with Crippen LogP contribution in [0.15, 0.2) is 22.6 Å². The Morgan fingerprint density at radius 3 is 2.81 bits per heavy atom. The van der Waals surface area contributed by atoms with Crippen LogP contribution in [-0.2, 0) is 20.9 Å². The van der Waals surface area contributed by atoms with Gasteiger partial charge in [-0.1, -0.05) is 0 Å². The van der Waals surface area contributed by atoms with Crippen LogP contribution in [-0.4, -0.2) is 41.0 Å². The lowest BCUT2D eigenvalue weighted by molar-refractivity contribution is -0.118. The number of nitrogen functional groups attached to an aromatic ring is 1. The Kier molecular flexibility index (Phi) is 5.15. The average molecular weight is 426 g/mol. The van der Waals surface area contributed by atoms with Gasteiger partial charge in [0.1, 0.15) is 22.9 Å². The molecule has 1 amide bonds. The molecule has 1 aromatic carbocycles. The average Bonchev–Trinajstić information content (AvgIpc) is 3.08. The van der Waals surface area contributed by atoms with E-state index < -0.39 is 11.9 Å². The first kappa shape index (κ1) is 20.1. The minimum absolute atomic E-state index is 0.00822. The minimum atomic E-state index is -0.645. The van der Waals surface area contributed by atoms with Crippen LogP contribution in [0.1, 0.15) is 39.2 Å². The van der Waals surface area contributed by atoms with Crippen molar-refractivity contribution in [3.8, 4) is 5.75 Å². The highest BCUT2D eigenvalue weighted by Crippen LogP contribution is 2.30. The fourth-order valence-electron chi connectivity index (χ4n) is 3.11. The number of fused-ring (bicyclic) bond motifs is 2. The number of amides is 1. The number of carbonyl (C=O) groups excluding carboxylic acids is 3. The Balaban J connectivity index is 1.52. The zero-order chi connectivity index (χ0) is 22.1. The summed E-state index contributed by atoms with van der Waals surface area (Å²) in [5.74, 6) is -0.726. The first-order valence-corrected chi connectivity index (χ1v) is 9.33. The number of nitrogens with zero attached hydrogens (tertiary/aromatic N) is 2. The third-order valence-corrected chi connectivity index (χ3v) is 4.46. The number of aromatic nitrogens is 2. The van der Waals surface area contributed by atoms with E-state index in [1.807, 2.05) is 0 Å². The molecular weight excluding hydrogens is 408 g/mol. The van der Waals surface area contributed by atoms with E-state index in [2.05, 4.69) is 15.3 Å². The molecule has 3 heterocycles. The second kappa shape index (κ2) is 7.94. The molecule has 0 radical (unpaired) electrons. The van der Waals surface area contributed by atoms with Gasteiger partial charge in [-0.05, 0) is 32.0 Å². The molecule has 1 aliphatic heterocycles. The molecule has 0 saturated heterocycles. The predicted molar refractivity (Wildman–Crippen MR) is 107 cm³/mol. The lowest BCUT2D eigenvalue weighted by Gasteiger charge is -2.18. The van der Waals surface area contributed by atoms with Gasteiger partial charge in [0.25, 0.3) is 5.91 Å². The summed E-state index contributed by atoms with van der Waals surface area (Å²) in [6.07, 6.45) is 0. The van der Waals surface area contributed by atoms with Crippen molar-refractivity contribution in [3.63, 3.8) is 0 Å². The van der Waals surface area contributed by atoms with E-state index in [4.69, 9.17) is 24.4 Å². The van der Waals surface area contributed by atoms with Crippen molar-refractivity contribution in [1.29, 1.82) is 0 Å². The number of nitrogens with two attached hydrogens (primary N) is 1. The maximum atomic E-state index is 12.4. The third kappa shape index (κ3) is 3.84. The second-order valence-electron chi connectivity index (χ2n) is 6.58. The van der Waals surface area contributed by atoms with E-state index in [-0.39, 0.29) is 59.6 Å². The number of nitrogens with one attached hydrogen (secondary N) is 1. The van der Waals surface area contributed by atoms with Gasteiger partial charge in [0.15, 0.2) is 19.0 Å². The summed E-state index contributed by atoms with van der Waals surface area (Å²) in [7, 11) is 0. The summed E-state index contributed by atoms with van der Waals surface area (Å²) in [6, 6.07) is 4.51. The number of carbonyl (C=O) groups is 3. The fraction of sp³-hybridized carbons (Fsp3) is 0.250. The molecule has 1 aliphatic rings. The number of rotatable bonds is 5. The van der Waals surface area contributed by atoms with E-state index in [1.54, 1.807) is 19.9 Å². The Hall–Kier alpha value is -4.15. The molecule has 11 heteroatoms. The number of hydrogen-bond acceptors (Lipinski definition) is 10. The number of anilines is 2. The Morgan fingerprint density at radius 2 is 2.03 bits per heavy atom. The number of aryl methyl sites for hydroxylation is 1. The van der Waals surface area contributed by atoms with Crippen molar-refractivity contribution < 1.29 is 33.0 Å². The maximum Gasteiger partial charge on any atom is 0.342 e. The number of benzene rings is 1. The molecule has 0 fully saturated rings. The van der Waals surface area contributed by atoms with Crippen LogP contribution in [0.5, 0.6) is 5.75 Å². The van der Waals surface area contributed by atoms with E-state index in [0.29, 0.717) is 17.2 Å². The highest BCUT2D eigenvalue weighted by molar-refractivity contribution is 6.07. The van der Waals surface area contributed by atoms with Gasteiger partial charge in [-0.15, -0.1) is 0 Å². The molecule has 0 unspecified atom stereocenters. The Morgan fingerprint density at radius 1 is 1.23 bits per heavy atom. The zero-order valence-corrected chi connectivity index (χ0v) is 16.7. The van der Waals surface area contributed by atoms with Gasteiger partial charge in [-0.3, -0.25) is 4.79 Å². The van der Waals surface area contributed by atoms with Crippen LogP contribution >= 0.6 is 0 Å². The smallest absolute Gasteiger partial charge is 0.342 e. The summed E-state index contributed by atoms with van der Waals surface area (Å²) in [6.45, 7) is 3.07. The zero-order valence-electron chi connectivity index (χ0n) is 16.7. The van der Waals surface area contributed by atoms with Crippen molar-refractivity contribution >= 4 is 40.5 Å². The van der Waals surface area contributed by atoms with E-state index in [9.17, 15) is 14.4 Å². The van der Waals surface area contributed by atoms with Crippen LogP contribution in [0.3, 0.4) is 0 Å². The van der Waals surface area contributed by atoms with Crippen LogP contribution < -0.4 is 15.8 Å². The molecule has 0 atom stereocenters. The molecule has 3 aromatic rings. The van der Waals surface area contributed by atoms with Crippen molar-refractivity contribution in [2.45, 2.75) is 20.5 Å². The molecule has 0 saturated carbocycles. The molecule has 0 aliphatic carbocycles. The second-order valence-corrected chi connectivity index (χ2v) is 6.58. The van der Waals surface area contributed by atoms with E-state index >= 15 is 0 Å². The van der Waals surface area contributed by atoms with Gasteiger partial charge in [-0.2, -0.15) is 4.98 Å². The van der Waals surface area contributed by atoms with Crippen LogP contribution in [0.2, 0.25) is 0 Å². The van der Waals surface area contributed by atoms with Gasteiger partial charge in [-0.25, -0.2) is 14.6 Å². The fourth-order valence-corrected chi connectivity index (χ4v) is 3.11. The molecule has 160 valence electrons. The number of esters is 2. The van der Waals surface area contributed by atoms with Gasteiger partial charge in [0, 0.05) is 0 Å². The molecule has 4 rings (SSSR count). The lowest BCUT2D eigenvalue weighted by atomic mass is 10.1. The van der Waals surface area contributed by atoms with Gasteiger partial charge >= 0.3 is 11.9 Å². The van der Waals surface area contributed by atoms with Gasteiger partial charge in [0.05, 0.1) is 23.2 Å². The van der Waals surface area contributed by atoms with Crippen molar-refractivity contribution in [3.05, 3.63) is 40.9 Å². The minimum Gasteiger partial charge on any atom is -0.482 e. The summed E-state index contributed by atoms with van der Waals surface area (Å²) >= 11 is 0. The third-order valence-electron chi connectivity index (χ3n) is 4.46. The molecule has 31 heavy (non-hydrogen) atoms. The highest BCUT2D eigenvalue weighted by atomic mass is 16.5. The standard InChI is InChI=1S/C20H18N4O7/c1-3-28-20(27)15-9(2)31-18-16(15)17(21)23-13(24-18)7-30-19(26)10-4-5-11-12(6-10)29-8-14(25)22-11/h4-6H,3,7-8H2,1-2H3,(H,22,25)(H2,21,23,24). The van der Waals surface area contributed by atoms with Crippen molar-refractivity contribution in [2.75, 3.05) is 24.3 Å². The van der Waals surface area contributed by atoms with Crippen molar-refractivity contribution in [2.24, 2.45) is 0 Å². The topological polar surface area (TPSA) is 156 Å². The highest BCUT2D eigenvalue weighted by Gasteiger charge is 2.24. The first-order valence-electron chi connectivity index (χ1n) is 9.33. The maximum absolute atomic E-state index is 12.4. The molecule has 0 spiro atoms. The number of hydrogen-bond donors (Lipinski definition) is 2. The monoisotopic (exact) mass is 426 g/mol. The molecule has 0 bridgehead atoms. The number of furan rings is 1. The SMILES string of the molecule is CCOC(=O)c1c(C)oc2nc(COC(=O)c3ccc4c(c3)OCC(=O)N4)nc(N)c12. The predicted octanol–water partition coefficient (Wildman–Crippen LogP) is 1.98. The van der Waals surface area contributed by atoms with Crippen molar-refractivity contribution in [1.82, 2.24) is 9.97 Å². The molecule has 3 N–H and O–H groups in total. The molecular formula is C20H18N4O7. The van der Waals surface area contributed by atoms with Crippen LogP contribution in [0.25, 0.3) is 11.1 Å².